The molecule has 0 aliphatic carbocycles. The molecule has 102 valence electrons. The normalized spacial score (nSPS) is 12.1. The Kier molecular flexibility index (Phi) is 5.74. The van der Waals surface area contributed by atoms with Gasteiger partial charge in [-0.2, -0.15) is 0 Å². The third kappa shape index (κ3) is 3.27. The third-order valence-electron chi connectivity index (χ3n) is 2.57. The summed E-state index contributed by atoms with van der Waals surface area (Å²) in [5.41, 5.74) is 0.564. The monoisotopic (exact) mass is 256 g/mol. The van der Waals surface area contributed by atoms with Gasteiger partial charge in [0.2, 0.25) is 0 Å². The maximum Gasteiger partial charge on any atom is 0.132 e. The molecule has 0 aliphatic heterocycles. The molecular weight excluding hydrogens is 236 g/mol. The second-order valence-electron chi connectivity index (χ2n) is 3.62. The van der Waals surface area contributed by atoms with E-state index in [0.717, 1.165) is 0 Å². The quantitative estimate of drug-likeness (QED) is 0.806. The first-order chi connectivity index (χ1) is 8.67. The van der Waals surface area contributed by atoms with Crippen LogP contribution < -0.4 is 14.2 Å². The van der Waals surface area contributed by atoms with Gasteiger partial charge in [-0.05, 0) is 6.92 Å². The second-order valence-corrected chi connectivity index (χ2v) is 3.62. The number of hydrogen-bond acceptors (Lipinski definition) is 5. The Labute approximate surface area is 107 Å². The van der Waals surface area contributed by atoms with Crippen LogP contribution in [0, 0.1) is 0 Å². The Morgan fingerprint density at radius 3 is 2.00 bits per heavy atom. The van der Waals surface area contributed by atoms with Crippen LogP contribution in [0.2, 0.25) is 0 Å². The molecule has 18 heavy (non-hydrogen) atoms. The molecule has 0 bridgehead atoms. The van der Waals surface area contributed by atoms with E-state index in [4.69, 9.17) is 18.9 Å². The minimum absolute atomic E-state index is 0.190. The highest BCUT2D eigenvalue weighted by atomic mass is 16.5. The summed E-state index contributed by atoms with van der Waals surface area (Å²) in [6, 6.07) is 3.40. The lowest BCUT2D eigenvalue weighted by Gasteiger charge is -2.19. The van der Waals surface area contributed by atoms with E-state index in [1.807, 2.05) is 6.92 Å². The molecule has 0 aromatic heterocycles. The number of aliphatic hydroxyl groups is 1. The van der Waals surface area contributed by atoms with E-state index in [1.54, 1.807) is 19.2 Å². The molecule has 1 atom stereocenters. The molecule has 0 radical (unpaired) electrons. The lowest BCUT2D eigenvalue weighted by molar-refractivity contribution is 0.0394. The first-order valence-corrected chi connectivity index (χ1v) is 5.73. The van der Waals surface area contributed by atoms with Crippen molar-refractivity contribution in [1.29, 1.82) is 0 Å². The lowest BCUT2D eigenvalue weighted by Crippen LogP contribution is -2.10. The van der Waals surface area contributed by atoms with Gasteiger partial charge in [-0.1, -0.05) is 0 Å². The summed E-state index contributed by atoms with van der Waals surface area (Å²) >= 11 is 0. The molecule has 5 heteroatoms. The number of rotatable bonds is 7. The van der Waals surface area contributed by atoms with Gasteiger partial charge >= 0.3 is 0 Å². The van der Waals surface area contributed by atoms with E-state index in [2.05, 4.69) is 0 Å². The van der Waals surface area contributed by atoms with Crippen LogP contribution in [0.5, 0.6) is 17.2 Å². The van der Waals surface area contributed by atoms with Gasteiger partial charge in [0.15, 0.2) is 0 Å². The van der Waals surface area contributed by atoms with E-state index in [0.29, 0.717) is 29.4 Å². The van der Waals surface area contributed by atoms with Crippen LogP contribution in [0.4, 0.5) is 0 Å². The van der Waals surface area contributed by atoms with E-state index >= 15 is 0 Å². The second kappa shape index (κ2) is 7.08. The van der Waals surface area contributed by atoms with Gasteiger partial charge < -0.3 is 24.1 Å². The minimum atomic E-state index is -0.805. The number of benzene rings is 1. The van der Waals surface area contributed by atoms with Gasteiger partial charge in [-0.25, -0.2) is 0 Å². The predicted molar refractivity (Wildman–Crippen MR) is 67.6 cm³/mol. The van der Waals surface area contributed by atoms with E-state index in [-0.39, 0.29) is 6.61 Å². The van der Waals surface area contributed by atoms with Crippen molar-refractivity contribution < 1.29 is 24.1 Å². The molecule has 1 aromatic rings. The Bertz CT molecular complexity index is 353. The van der Waals surface area contributed by atoms with Crippen molar-refractivity contribution in [1.82, 2.24) is 0 Å². The summed E-state index contributed by atoms with van der Waals surface area (Å²) in [6.07, 6.45) is -0.805. The average molecular weight is 256 g/mol. The lowest BCUT2D eigenvalue weighted by atomic mass is 10.1. The van der Waals surface area contributed by atoms with E-state index < -0.39 is 6.10 Å². The van der Waals surface area contributed by atoms with Crippen molar-refractivity contribution in [3.8, 4) is 17.2 Å². The van der Waals surface area contributed by atoms with E-state index in [9.17, 15) is 5.11 Å². The highest BCUT2D eigenvalue weighted by Crippen LogP contribution is 2.38. The summed E-state index contributed by atoms with van der Waals surface area (Å²) in [5.74, 6) is 1.63. The zero-order valence-corrected chi connectivity index (χ0v) is 11.2. The summed E-state index contributed by atoms with van der Waals surface area (Å²) in [6.45, 7) is 2.60. The molecule has 1 rings (SSSR count). The molecule has 0 spiro atoms. The SMILES string of the molecule is CCOCC(O)c1c(OC)cc(OC)cc1OC. The standard InChI is InChI=1S/C13H20O5/c1-5-18-8-10(14)13-11(16-3)6-9(15-2)7-12(13)17-4/h6-7,10,14H,5,8H2,1-4H3. The van der Waals surface area contributed by atoms with Crippen molar-refractivity contribution >= 4 is 0 Å². The molecule has 1 unspecified atom stereocenters. The maximum atomic E-state index is 10.1. The van der Waals surface area contributed by atoms with Gasteiger partial charge in [0, 0.05) is 18.7 Å². The molecule has 0 aliphatic rings. The van der Waals surface area contributed by atoms with Crippen molar-refractivity contribution in [2.24, 2.45) is 0 Å². The molecule has 0 amide bonds. The smallest absolute Gasteiger partial charge is 0.132 e. The fourth-order valence-corrected chi connectivity index (χ4v) is 1.67. The van der Waals surface area contributed by atoms with Crippen LogP contribution in [-0.4, -0.2) is 39.6 Å². The summed E-state index contributed by atoms with van der Waals surface area (Å²) in [7, 11) is 4.63. The minimum Gasteiger partial charge on any atom is -0.496 e. The molecule has 1 aromatic carbocycles. The molecule has 0 heterocycles. The summed E-state index contributed by atoms with van der Waals surface area (Å²) in [4.78, 5) is 0. The average Bonchev–Trinajstić information content (AvgIpc) is 2.42. The summed E-state index contributed by atoms with van der Waals surface area (Å²) in [5, 5.41) is 10.1. The first-order valence-electron chi connectivity index (χ1n) is 5.73. The van der Waals surface area contributed by atoms with Crippen LogP contribution in [0.1, 0.15) is 18.6 Å². The van der Waals surface area contributed by atoms with Crippen LogP contribution in [0.25, 0.3) is 0 Å². The van der Waals surface area contributed by atoms with Crippen LogP contribution in [-0.2, 0) is 4.74 Å². The number of ether oxygens (including phenoxy) is 4. The Morgan fingerprint density at radius 2 is 1.61 bits per heavy atom. The Morgan fingerprint density at radius 1 is 1.06 bits per heavy atom. The van der Waals surface area contributed by atoms with Gasteiger partial charge in [0.05, 0.1) is 33.5 Å². The maximum absolute atomic E-state index is 10.1. The number of hydrogen-bond donors (Lipinski definition) is 1. The molecule has 0 saturated carbocycles. The molecule has 1 N–H and O–H groups in total. The zero-order valence-electron chi connectivity index (χ0n) is 11.2. The van der Waals surface area contributed by atoms with Crippen LogP contribution in [0.3, 0.4) is 0 Å². The molecule has 0 saturated heterocycles. The van der Waals surface area contributed by atoms with Crippen LogP contribution in [0.15, 0.2) is 12.1 Å². The first kappa shape index (κ1) is 14.6. The Balaban J connectivity index is 3.13. The largest absolute Gasteiger partial charge is 0.496 e. The van der Waals surface area contributed by atoms with Gasteiger partial charge in [-0.15, -0.1) is 0 Å². The van der Waals surface area contributed by atoms with Gasteiger partial charge in [0.1, 0.15) is 23.4 Å². The summed E-state index contributed by atoms with van der Waals surface area (Å²) < 4.78 is 20.9. The van der Waals surface area contributed by atoms with Crippen molar-refractivity contribution in [3.63, 3.8) is 0 Å². The highest BCUT2D eigenvalue weighted by molar-refractivity contribution is 5.51. The van der Waals surface area contributed by atoms with Crippen molar-refractivity contribution in [2.75, 3.05) is 34.5 Å². The molecular formula is C13H20O5. The van der Waals surface area contributed by atoms with Crippen molar-refractivity contribution in [3.05, 3.63) is 17.7 Å². The topological polar surface area (TPSA) is 57.2 Å². The Hall–Kier alpha value is -1.46. The van der Waals surface area contributed by atoms with Crippen molar-refractivity contribution in [2.45, 2.75) is 13.0 Å². The fraction of sp³-hybridized carbons (Fsp3) is 0.538. The third-order valence-corrected chi connectivity index (χ3v) is 2.57. The molecule has 0 fully saturated rings. The fourth-order valence-electron chi connectivity index (χ4n) is 1.67. The van der Waals surface area contributed by atoms with E-state index in [1.165, 1.54) is 14.2 Å². The van der Waals surface area contributed by atoms with Crippen LogP contribution >= 0.6 is 0 Å². The predicted octanol–water partition coefficient (Wildman–Crippen LogP) is 1.78. The number of methoxy groups -OCH3 is 3. The van der Waals surface area contributed by atoms with Gasteiger partial charge in [-0.3, -0.25) is 0 Å². The van der Waals surface area contributed by atoms with Gasteiger partial charge in [0.25, 0.3) is 0 Å². The molecule has 5 nitrogen and oxygen atoms in total. The number of aliphatic hydroxyl groups excluding tert-OH is 1. The zero-order chi connectivity index (χ0) is 13.5. The highest BCUT2D eigenvalue weighted by Gasteiger charge is 2.20.